The Labute approximate surface area is 255 Å². The lowest BCUT2D eigenvalue weighted by atomic mass is 10.1. The molecule has 0 atom stereocenters. The first-order valence-corrected chi connectivity index (χ1v) is 14.6. The van der Waals surface area contributed by atoms with Gasteiger partial charge in [0.2, 0.25) is 0 Å². The molecule has 4 N–H and O–H groups in total. The monoisotopic (exact) mass is 588 g/mol. The van der Waals surface area contributed by atoms with Crippen molar-refractivity contribution in [2.75, 3.05) is 36.8 Å². The molecule has 43 heavy (non-hydrogen) atoms. The van der Waals surface area contributed by atoms with Gasteiger partial charge in [-0.05, 0) is 75.7 Å². The number of nitrogens with zero attached hydrogens (tertiary/aromatic N) is 4. The number of hydrogen-bond donors (Lipinski definition) is 3. The lowest BCUT2D eigenvalue weighted by Crippen LogP contribution is -2.35. The molecule has 0 amide bonds. The Kier molecular flexibility index (Phi) is 17.0. The number of anilines is 2. The summed E-state index contributed by atoms with van der Waals surface area (Å²) in [5, 5.41) is 21.9. The summed E-state index contributed by atoms with van der Waals surface area (Å²) in [6.07, 6.45) is 2.50. The first kappa shape index (κ1) is 36.2. The molecule has 10 heteroatoms. The van der Waals surface area contributed by atoms with Crippen LogP contribution in [0.15, 0.2) is 53.3 Å². The largest absolute Gasteiger partial charge is 0.478 e. The average molecular weight is 589 g/mol. The molecule has 0 radical (unpaired) electrons. The van der Waals surface area contributed by atoms with Crippen molar-refractivity contribution >= 4 is 17.5 Å². The highest BCUT2D eigenvalue weighted by Crippen LogP contribution is 2.25. The molecule has 0 aliphatic rings. The van der Waals surface area contributed by atoms with Crippen molar-refractivity contribution in [3.63, 3.8) is 0 Å². The van der Waals surface area contributed by atoms with E-state index in [9.17, 15) is 14.9 Å². The summed E-state index contributed by atoms with van der Waals surface area (Å²) in [6.45, 7) is 15.1. The fourth-order valence-corrected chi connectivity index (χ4v) is 3.77. The van der Waals surface area contributed by atoms with Crippen molar-refractivity contribution < 1.29 is 14.6 Å². The van der Waals surface area contributed by atoms with E-state index in [0.29, 0.717) is 24.2 Å². The molecule has 0 fully saturated rings. The standard InChI is InChI=1S/C25H23N5O4.C6H15N.C2H6/c1-3-5-14-29(4-2)21-22(27)28-25(34-20-12-10-17(11-13-20)24(32)33)30(23(21)31)16-19-9-7-6-8-18(19)15-26;1-3-5-7-6-4-2;1-2/h6-13H,4,14,16,27H2,1-2H3,(H,32,33);7H,3-6H2,1-2H3;1-2H3. The summed E-state index contributed by atoms with van der Waals surface area (Å²) in [7, 11) is 0. The summed E-state index contributed by atoms with van der Waals surface area (Å²) >= 11 is 0. The molecule has 2 aromatic carbocycles. The lowest BCUT2D eigenvalue weighted by molar-refractivity contribution is 0.0697. The number of benzene rings is 2. The van der Waals surface area contributed by atoms with E-state index in [0.717, 1.165) is 0 Å². The van der Waals surface area contributed by atoms with E-state index in [1.54, 1.807) is 36.1 Å². The summed E-state index contributed by atoms with van der Waals surface area (Å²) in [5.41, 5.74) is 7.03. The van der Waals surface area contributed by atoms with Gasteiger partial charge in [-0.25, -0.2) is 4.79 Å². The van der Waals surface area contributed by atoms with Crippen LogP contribution in [0.25, 0.3) is 0 Å². The molecule has 1 aromatic heterocycles. The third-order valence-electron chi connectivity index (χ3n) is 5.91. The fourth-order valence-electron chi connectivity index (χ4n) is 3.77. The van der Waals surface area contributed by atoms with Crippen LogP contribution in [0.5, 0.6) is 11.8 Å². The summed E-state index contributed by atoms with van der Waals surface area (Å²) in [4.78, 5) is 30.8. The molecule has 0 saturated carbocycles. The molecule has 0 spiro atoms. The normalized spacial score (nSPS) is 9.60. The predicted molar refractivity (Wildman–Crippen MR) is 173 cm³/mol. The topological polar surface area (TPSA) is 146 Å². The smallest absolute Gasteiger partial charge is 0.335 e. The number of hydrogen-bond acceptors (Lipinski definition) is 8. The zero-order valence-corrected chi connectivity index (χ0v) is 26.1. The van der Waals surface area contributed by atoms with Gasteiger partial charge in [0, 0.05) is 6.54 Å². The van der Waals surface area contributed by atoms with Crippen LogP contribution in [-0.4, -0.2) is 46.8 Å². The Bertz CT molecular complexity index is 1450. The number of nitriles is 1. The Morgan fingerprint density at radius 2 is 1.72 bits per heavy atom. The number of carboxylic acids is 1. The number of nitrogen functional groups attached to an aromatic ring is 1. The van der Waals surface area contributed by atoms with Gasteiger partial charge in [-0.15, -0.1) is 5.92 Å². The molecule has 1 heterocycles. The number of nitrogens with two attached hydrogens (primary N) is 1. The van der Waals surface area contributed by atoms with Gasteiger partial charge in [-0.2, -0.15) is 10.2 Å². The SMILES string of the molecule is CC.CC#CCN(CC)c1c(N)nc(Oc2ccc(C(=O)O)cc2)n(Cc2ccccc2C#N)c1=O.CCCNCCC. The van der Waals surface area contributed by atoms with E-state index in [4.69, 9.17) is 15.6 Å². The summed E-state index contributed by atoms with van der Waals surface area (Å²) < 4.78 is 7.15. The first-order chi connectivity index (χ1) is 20.8. The molecule has 0 unspecified atom stereocenters. The number of nitrogens with one attached hydrogen (secondary N) is 1. The molecule has 230 valence electrons. The van der Waals surface area contributed by atoms with Gasteiger partial charge in [0.05, 0.1) is 30.3 Å². The highest BCUT2D eigenvalue weighted by Gasteiger charge is 2.21. The van der Waals surface area contributed by atoms with E-state index in [1.807, 2.05) is 20.8 Å². The van der Waals surface area contributed by atoms with Crippen LogP contribution in [0.4, 0.5) is 11.5 Å². The number of ether oxygens (including phenoxy) is 1. The predicted octanol–water partition coefficient (Wildman–Crippen LogP) is 5.51. The van der Waals surface area contributed by atoms with Gasteiger partial charge >= 0.3 is 12.0 Å². The molecule has 3 aromatic rings. The van der Waals surface area contributed by atoms with Crippen LogP contribution in [0.1, 0.15) is 75.9 Å². The van der Waals surface area contributed by atoms with E-state index in [2.05, 4.69) is 42.1 Å². The molecule has 0 aliphatic heterocycles. The fraction of sp³-hybridized carbons (Fsp3) is 0.394. The van der Waals surface area contributed by atoms with Crippen molar-refractivity contribution in [1.82, 2.24) is 14.9 Å². The van der Waals surface area contributed by atoms with E-state index in [-0.39, 0.29) is 35.4 Å². The van der Waals surface area contributed by atoms with Gasteiger partial charge in [0.15, 0.2) is 5.82 Å². The third kappa shape index (κ3) is 11.2. The van der Waals surface area contributed by atoms with Gasteiger partial charge in [-0.3, -0.25) is 9.36 Å². The molecule has 0 saturated heterocycles. The van der Waals surface area contributed by atoms with Gasteiger partial charge < -0.3 is 25.8 Å². The van der Waals surface area contributed by atoms with Gasteiger partial charge in [-0.1, -0.05) is 51.8 Å². The van der Waals surface area contributed by atoms with Gasteiger partial charge in [0.1, 0.15) is 11.4 Å². The number of rotatable bonds is 12. The van der Waals surface area contributed by atoms with Gasteiger partial charge in [0.25, 0.3) is 5.56 Å². The van der Waals surface area contributed by atoms with Crippen LogP contribution in [0.2, 0.25) is 0 Å². The van der Waals surface area contributed by atoms with Crippen LogP contribution in [-0.2, 0) is 6.54 Å². The maximum Gasteiger partial charge on any atom is 0.335 e. The first-order valence-electron chi connectivity index (χ1n) is 14.6. The van der Waals surface area contributed by atoms with Crippen molar-refractivity contribution in [1.29, 1.82) is 5.26 Å². The zero-order chi connectivity index (χ0) is 32.2. The van der Waals surface area contributed by atoms with Crippen LogP contribution in [0.3, 0.4) is 0 Å². The molecule has 0 bridgehead atoms. The Hall–Kier alpha value is -4.80. The maximum atomic E-state index is 13.6. The highest BCUT2D eigenvalue weighted by molar-refractivity contribution is 5.87. The third-order valence-corrected chi connectivity index (χ3v) is 5.91. The molecule has 10 nitrogen and oxygen atoms in total. The second-order valence-electron chi connectivity index (χ2n) is 8.91. The number of carbonyl (C=O) groups is 1. The average Bonchev–Trinajstić information content (AvgIpc) is 3.02. The van der Waals surface area contributed by atoms with Crippen LogP contribution < -0.4 is 26.2 Å². The number of aromatic carboxylic acids is 1. The van der Waals surface area contributed by atoms with Crippen LogP contribution >= 0.6 is 0 Å². The minimum Gasteiger partial charge on any atom is -0.478 e. The Morgan fingerprint density at radius 1 is 1.09 bits per heavy atom. The van der Waals surface area contributed by atoms with Crippen molar-refractivity contribution in [3.8, 4) is 29.7 Å². The lowest BCUT2D eigenvalue weighted by Gasteiger charge is -2.23. The van der Waals surface area contributed by atoms with Crippen LogP contribution in [0, 0.1) is 23.2 Å². The number of carboxylic acid groups (broad SMARTS) is 1. The highest BCUT2D eigenvalue weighted by atomic mass is 16.5. The minimum atomic E-state index is -1.07. The van der Waals surface area contributed by atoms with E-state index < -0.39 is 11.5 Å². The quantitative estimate of drug-likeness (QED) is 0.184. The maximum absolute atomic E-state index is 13.6. The van der Waals surface area contributed by atoms with Crippen molar-refractivity contribution in [2.24, 2.45) is 0 Å². The second-order valence-corrected chi connectivity index (χ2v) is 8.91. The van der Waals surface area contributed by atoms with Crippen molar-refractivity contribution in [3.05, 3.63) is 75.6 Å². The Balaban J connectivity index is 0.000000901. The second kappa shape index (κ2) is 20.1. The van der Waals surface area contributed by atoms with Crippen molar-refractivity contribution in [2.45, 2.75) is 60.9 Å². The molecular formula is C33H44N6O4. The summed E-state index contributed by atoms with van der Waals surface area (Å²) in [5.74, 6) is 4.91. The zero-order valence-electron chi connectivity index (χ0n) is 26.1. The molecule has 0 aliphatic carbocycles. The van der Waals surface area contributed by atoms with E-state index >= 15 is 0 Å². The summed E-state index contributed by atoms with van der Waals surface area (Å²) in [6, 6.07) is 14.6. The Morgan fingerprint density at radius 3 is 2.26 bits per heavy atom. The van der Waals surface area contributed by atoms with E-state index in [1.165, 1.54) is 54.8 Å². The minimum absolute atomic E-state index is 0.0163. The number of aromatic nitrogens is 2. The molecular weight excluding hydrogens is 544 g/mol. The molecule has 3 rings (SSSR count).